The number of non-ortho nitro benzene ring substituents is 1. The third-order valence-corrected chi connectivity index (χ3v) is 2.76. The lowest BCUT2D eigenvalue weighted by Crippen LogP contribution is -2.40. The molecule has 1 unspecified atom stereocenters. The minimum atomic E-state index is -1.20. The van der Waals surface area contributed by atoms with Crippen molar-refractivity contribution < 1.29 is 15.1 Å². The fourth-order valence-electron chi connectivity index (χ4n) is 1.32. The molecule has 0 saturated carbocycles. The van der Waals surface area contributed by atoms with Crippen LogP contribution in [0.5, 0.6) is 0 Å². The lowest BCUT2D eigenvalue weighted by molar-refractivity contribution is -0.384. The number of nitro groups is 1. The Morgan fingerprint density at radius 3 is 2.72 bits per heavy atom. The van der Waals surface area contributed by atoms with Crippen molar-refractivity contribution in [2.24, 2.45) is 0 Å². The van der Waals surface area contributed by atoms with E-state index in [4.69, 9.17) is 16.7 Å². The number of nitrogens with one attached hydrogen (secondary N) is 1. The molecule has 0 saturated heterocycles. The van der Waals surface area contributed by atoms with E-state index in [9.17, 15) is 15.2 Å². The zero-order chi connectivity index (χ0) is 13.8. The van der Waals surface area contributed by atoms with E-state index in [2.05, 4.69) is 5.32 Å². The molecule has 0 aromatic heterocycles. The second-order valence-electron chi connectivity index (χ2n) is 4.29. The van der Waals surface area contributed by atoms with Crippen LogP contribution in [0.15, 0.2) is 18.2 Å². The molecule has 0 aliphatic carbocycles. The Balaban J connectivity index is 2.61. The van der Waals surface area contributed by atoms with Crippen LogP contribution in [0.1, 0.15) is 12.5 Å². The molecule has 1 aromatic rings. The Bertz CT molecular complexity index is 437. The minimum Gasteiger partial charge on any atom is -0.393 e. The first kappa shape index (κ1) is 14.8. The highest BCUT2D eigenvalue weighted by molar-refractivity contribution is 6.31. The van der Waals surface area contributed by atoms with Gasteiger partial charge in [-0.05, 0) is 18.6 Å². The summed E-state index contributed by atoms with van der Waals surface area (Å²) in [5.74, 6) is 0. The van der Waals surface area contributed by atoms with Crippen LogP contribution in [0.4, 0.5) is 5.69 Å². The molecule has 0 amide bonds. The molecule has 18 heavy (non-hydrogen) atoms. The molecule has 6 nitrogen and oxygen atoms in total. The van der Waals surface area contributed by atoms with Gasteiger partial charge >= 0.3 is 0 Å². The van der Waals surface area contributed by atoms with Gasteiger partial charge in [-0.25, -0.2) is 0 Å². The Morgan fingerprint density at radius 1 is 1.56 bits per heavy atom. The molecule has 0 fully saturated rings. The smallest absolute Gasteiger partial charge is 0.270 e. The Morgan fingerprint density at radius 2 is 2.22 bits per heavy atom. The van der Waals surface area contributed by atoms with E-state index < -0.39 is 10.5 Å². The van der Waals surface area contributed by atoms with Crippen molar-refractivity contribution in [3.8, 4) is 0 Å². The van der Waals surface area contributed by atoms with Crippen LogP contribution in [-0.4, -0.2) is 33.9 Å². The van der Waals surface area contributed by atoms with E-state index in [0.29, 0.717) is 17.1 Å². The van der Waals surface area contributed by atoms with Crippen LogP contribution in [0.3, 0.4) is 0 Å². The van der Waals surface area contributed by atoms with Gasteiger partial charge < -0.3 is 15.5 Å². The third-order valence-electron chi connectivity index (χ3n) is 2.41. The fourth-order valence-corrected chi connectivity index (χ4v) is 1.56. The van der Waals surface area contributed by atoms with Crippen molar-refractivity contribution in [2.45, 2.75) is 19.1 Å². The lowest BCUT2D eigenvalue weighted by atomic mass is 10.1. The number of nitro benzene ring substituents is 1. The van der Waals surface area contributed by atoms with Gasteiger partial charge in [-0.2, -0.15) is 0 Å². The van der Waals surface area contributed by atoms with Crippen LogP contribution in [0.2, 0.25) is 5.02 Å². The van der Waals surface area contributed by atoms with E-state index in [-0.39, 0.29) is 18.8 Å². The number of nitrogens with zero attached hydrogens (tertiary/aromatic N) is 1. The van der Waals surface area contributed by atoms with E-state index in [1.165, 1.54) is 19.1 Å². The van der Waals surface area contributed by atoms with E-state index in [1.807, 2.05) is 0 Å². The molecule has 100 valence electrons. The average Bonchev–Trinajstić information content (AvgIpc) is 2.31. The molecule has 7 heteroatoms. The Hall–Kier alpha value is -1.21. The van der Waals surface area contributed by atoms with Crippen LogP contribution in [0, 0.1) is 10.1 Å². The number of aliphatic hydroxyl groups is 2. The molecule has 0 aliphatic rings. The number of rotatable bonds is 6. The summed E-state index contributed by atoms with van der Waals surface area (Å²) in [6.07, 6.45) is 0. The Labute approximate surface area is 109 Å². The monoisotopic (exact) mass is 274 g/mol. The first-order valence-corrected chi connectivity index (χ1v) is 5.70. The van der Waals surface area contributed by atoms with Crippen LogP contribution < -0.4 is 5.32 Å². The largest absolute Gasteiger partial charge is 0.393 e. The van der Waals surface area contributed by atoms with Crippen molar-refractivity contribution >= 4 is 17.3 Å². The maximum atomic E-state index is 10.5. The average molecular weight is 275 g/mol. The van der Waals surface area contributed by atoms with Crippen molar-refractivity contribution in [3.63, 3.8) is 0 Å². The molecule has 0 heterocycles. The molecular weight excluding hydrogens is 260 g/mol. The number of hydrogen-bond donors (Lipinski definition) is 3. The molecule has 0 spiro atoms. The third kappa shape index (κ3) is 4.23. The minimum absolute atomic E-state index is 0.0638. The predicted octanol–water partition coefficient (Wildman–Crippen LogP) is 1.08. The van der Waals surface area contributed by atoms with Gasteiger partial charge in [-0.1, -0.05) is 11.6 Å². The molecule has 0 radical (unpaired) electrons. The first-order valence-electron chi connectivity index (χ1n) is 5.32. The summed E-state index contributed by atoms with van der Waals surface area (Å²) < 4.78 is 0. The van der Waals surface area contributed by atoms with Gasteiger partial charge in [0.15, 0.2) is 0 Å². The Kier molecular flexibility index (Phi) is 5.03. The highest BCUT2D eigenvalue weighted by atomic mass is 35.5. The highest BCUT2D eigenvalue weighted by Gasteiger charge is 2.18. The van der Waals surface area contributed by atoms with Gasteiger partial charge in [-0.3, -0.25) is 10.1 Å². The van der Waals surface area contributed by atoms with Crippen LogP contribution >= 0.6 is 11.6 Å². The number of halogens is 1. The fraction of sp³-hybridized carbons (Fsp3) is 0.455. The van der Waals surface area contributed by atoms with Crippen LogP contribution in [-0.2, 0) is 6.54 Å². The predicted molar refractivity (Wildman–Crippen MR) is 67.5 cm³/mol. The summed E-state index contributed by atoms with van der Waals surface area (Å²) in [7, 11) is 0. The highest BCUT2D eigenvalue weighted by Crippen LogP contribution is 2.22. The number of aliphatic hydroxyl groups excluding tert-OH is 1. The maximum Gasteiger partial charge on any atom is 0.270 e. The van der Waals surface area contributed by atoms with Crippen molar-refractivity contribution in [3.05, 3.63) is 38.9 Å². The van der Waals surface area contributed by atoms with Gasteiger partial charge in [-0.15, -0.1) is 0 Å². The maximum absolute atomic E-state index is 10.5. The second-order valence-corrected chi connectivity index (χ2v) is 4.70. The number of benzene rings is 1. The zero-order valence-corrected chi connectivity index (χ0v) is 10.6. The van der Waals surface area contributed by atoms with Gasteiger partial charge in [0.25, 0.3) is 5.69 Å². The first-order chi connectivity index (χ1) is 8.35. The van der Waals surface area contributed by atoms with Gasteiger partial charge in [0.1, 0.15) is 0 Å². The van der Waals surface area contributed by atoms with Gasteiger partial charge in [0.2, 0.25) is 0 Å². The summed E-state index contributed by atoms with van der Waals surface area (Å²) in [6, 6.07) is 4.21. The molecule has 1 aromatic carbocycles. The van der Waals surface area contributed by atoms with Crippen molar-refractivity contribution in [1.82, 2.24) is 5.32 Å². The van der Waals surface area contributed by atoms with Crippen molar-refractivity contribution in [2.75, 3.05) is 13.2 Å². The molecule has 0 bridgehead atoms. The normalized spacial score (nSPS) is 14.2. The topological polar surface area (TPSA) is 95.6 Å². The molecule has 1 atom stereocenters. The summed E-state index contributed by atoms with van der Waals surface area (Å²) in [6.45, 7) is 1.69. The van der Waals surface area contributed by atoms with E-state index in [1.54, 1.807) is 6.07 Å². The van der Waals surface area contributed by atoms with Gasteiger partial charge in [0, 0.05) is 25.2 Å². The molecule has 3 N–H and O–H groups in total. The quantitative estimate of drug-likeness (QED) is 0.533. The molecule has 1 rings (SSSR count). The standard InChI is InChI=1S/C11H15ClN2O4/c1-11(16,7-15)6-13-5-8-2-3-9(14(17)18)4-10(8)12/h2-4,13,15-16H,5-7H2,1H3. The summed E-state index contributed by atoms with van der Waals surface area (Å²) >= 11 is 5.90. The zero-order valence-electron chi connectivity index (χ0n) is 9.89. The lowest BCUT2D eigenvalue weighted by Gasteiger charge is -2.20. The molecular formula is C11H15ClN2O4. The van der Waals surface area contributed by atoms with Gasteiger partial charge in [0.05, 0.1) is 22.2 Å². The summed E-state index contributed by atoms with van der Waals surface area (Å²) in [5, 5.41) is 32.1. The number of hydrogen-bond acceptors (Lipinski definition) is 5. The summed E-state index contributed by atoms with van der Waals surface area (Å²) in [4.78, 5) is 10.0. The summed E-state index contributed by atoms with van der Waals surface area (Å²) in [5.41, 5.74) is -0.574. The van der Waals surface area contributed by atoms with Crippen molar-refractivity contribution in [1.29, 1.82) is 0 Å². The molecule has 0 aliphatic heterocycles. The second kappa shape index (κ2) is 6.10. The van der Waals surface area contributed by atoms with E-state index >= 15 is 0 Å². The SMILES string of the molecule is CC(O)(CO)CNCc1ccc([N+](=O)[O-])cc1Cl. The van der Waals surface area contributed by atoms with E-state index in [0.717, 1.165) is 0 Å². The van der Waals surface area contributed by atoms with Crippen LogP contribution in [0.25, 0.3) is 0 Å².